The predicted octanol–water partition coefficient (Wildman–Crippen LogP) is 4.26. The molecule has 0 radical (unpaired) electrons. The van der Waals surface area contributed by atoms with E-state index in [9.17, 15) is 4.79 Å². The van der Waals surface area contributed by atoms with Crippen molar-refractivity contribution in [3.8, 4) is 0 Å². The Labute approximate surface area is 127 Å². The van der Waals surface area contributed by atoms with Gasteiger partial charge in [-0.1, -0.05) is 63.2 Å². The van der Waals surface area contributed by atoms with Crippen LogP contribution in [0.4, 0.5) is 0 Å². The fraction of sp³-hybridized carbons (Fsp3) is 0.316. The molecule has 2 rings (SSSR count). The van der Waals surface area contributed by atoms with Gasteiger partial charge in [0.2, 0.25) is 0 Å². The quantitative estimate of drug-likeness (QED) is 0.823. The Bertz CT molecular complexity index is 594. The molecule has 0 saturated carbocycles. The van der Waals surface area contributed by atoms with E-state index in [1.165, 1.54) is 5.56 Å². The van der Waals surface area contributed by atoms with Crippen LogP contribution in [-0.4, -0.2) is 17.9 Å². The van der Waals surface area contributed by atoms with Gasteiger partial charge in [0.1, 0.15) is 0 Å². The number of amides is 1. The van der Waals surface area contributed by atoms with Gasteiger partial charge in [-0.05, 0) is 28.7 Å². The molecule has 0 aromatic heterocycles. The number of hydrogen-bond donors (Lipinski definition) is 0. The molecule has 2 heteroatoms. The summed E-state index contributed by atoms with van der Waals surface area (Å²) in [7, 11) is 1.84. The summed E-state index contributed by atoms with van der Waals surface area (Å²) < 4.78 is 0. The third-order valence-electron chi connectivity index (χ3n) is 3.61. The molecule has 2 nitrogen and oxygen atoms in total. The van der Waals surface area contributed by atoms with Crippen LogP contribution in [0.25, 0.3) is 0 Å². The molecule has 0 spiro atoms. The van der Waals surface area contributed by atoms with Gasteiger partial charge in [0.15, 0.2) is 0 Å². The van der Waals surface area contributed by atoms with Crippen LogP contribution in [0.3, 0.4) is 0 Å². The van der Waals surface area contributed by atoms with Gasteiger partial charge in [0, 0.05) is 19.2 Å². The second kappa shape index (κ2) is 6.13. The number of benzene rings is 2. The minimum absolute atomic E-state index is 0.0514. The summed E-state index contributed by atoms with van der Waals surface area (Å²) >= 11 is 0. The van der Waals surface area contributed by atoms with E-state index >= 15 is 0 Å². The second-order valence-corrected chi connectivity index (χ2v) is 6.47. The molecule has 0 saturated heterocycles. The summed E-state index contributed by atoms with van der Waals surface area (Å²) in [4.78, 5) is 14.1. The van der Waals surface area contributed by atoms with E-state index in [4.69, 9.17) is 0 Å². The molecule has 0 N–H and O–H groups in total. The molecule has 0 atom stereocenters. The molecule has 0 bridgehead atoms. The average molecular weight is 281 g/mol. The minimum Gasteiger partial charge on any atom is -0.337 e. The zero-order chi connectivity index (χ0) is 15.5. The lowest BCUT2D eigenvalue weighted by Gasteiger charge is -2.21. The maximum absolute atomic E-state index is 12.3. The number of carbonyl (C=O) groups excluding carboxylic acids is 1. The van der Waals surface area contributed by atoms with Gasteiger partial charge in [-0.3, -0.25) is 4.79 Å². The maximum Gasteiger partial charge on any atom is 0.253 e. The van der Waals surface area contributed by atoms with Crippen LogP contribution in [0.2, 0.25) is 0 Å². The van der Waals surface area contributed by atoms with Crippen molar-refractivity contribution in [3.05, 3.63) is 71.3 Å². The van der Waals surface area contributed by atoms with Crippen molar-refractivity contribution in [2.24, 2.45) is 0 Å². The lowest BCUT2D eigenvalue weighted by Crippen LogP contribution is -2.26. The largest absolute Gasteiger partial charge is 0.337 e. The maximum atomic E-state index is 12.3. The molecule has 0 aliphatic rings. The fourth-order valence-corrected chi connectivity index (χ4v) is 2.26. The third kappa shape index (κ3) is 3.94. The van der Waals surface area contributed by atoms with Crippen LogP contribution in [0.15, 0.2) is 54.6 Å². The molecule has 0 unspecified atom stereocenters. The molecular formula is C19H23NO. The monoisotopic (exact) mass is 281 g/mol. The molecule has 2 aromatic carbocycles. The van der Waals surface area contributed by atoms with Crippen molar-refractivity contribution in [2.45, 2.75) is 32.7 Å². The Morgan fingerprint density at radius 1 is 0.952 bits per heavy atom. The zero-order valence-corrected chi connectivity index (χ0v) is 13.3. The Morgan fingerprint density at radius 3 is 2.05 bits per heavy atom. The van der Waals surface area contributed by atoms with E-state index in [0.717, 1.165) is 11.1 Å². The van der Waals surface area contributed by atoms with Crippen molar-refractivity contribution in [1.29, 1.82) is 0 Å². The fourth-order valence-electron chi connectivity index (χ4n) is 2.26. The first-order valence-electron chi connectivity index (χ1n) is 7.28. The van der Waals surface area contributed by atoms with Crippen LogP contribution >= 0.6 is 0 Å². The molecule has 21 heavy (non-hydrogen) atoms. The van der Waals surface area contributed by atoms with Crippen molar-refractivity contribution < 1.29 is 4.79 Å². The van der Waals surface area contributed by atoms with Crippen molar-refractivity contribution in [3.63, 3.8) is 0 Å². The molecule has 2 aromatic rings. The van der Waals surface area contributed by atoms with Crippen molar-refractivity contribution >= 4 is 5.91 Å². The first kappa shape index (κ1) is 15.3. The first-order chi connectivity index (χ1) is 9.88. The second-order valence-electron chi connectivity index (χ2n) is 6.47. The van der Waals surface area contributed by atoms with E-state index in [-0.39, 0.29) is 11.3 Å². The van der Waals surface area contributed by atoms with Gasteiger partial charge in [-0.15, -0.1) is 0 Å². The number of rotatable bonds is 3. The average Bonchev–Trinajstić information content (AvgIpc) is 2.47. The minimum atomic E-state index is 0.0514. The predicted molar refractivity (Wildman–Crippen MR) is 87.4 cm³/mol. The summed E-state index contributed by atoms with van der Waals surface area (Å²) in [5, 5.41) is 0. The lowest BCUT2D eigenvalue weighted by atomic mass is 9.87. The van der Waals surface area contributed by atoms with Crippen LogP contribution in [0.5, 0.6) is 0 Å². The number of carbonyl (C=O) groups is 1. The summed E-state index contributed by atoms with van der Waals surface area (Å²) in [5.41, 5.74) is 3.34. The molecular weight excluding hydrogens is 258 g/mol. The van der Waals surface area contributed by atoms with Gasteiger partial charge in [-0.2, -0.15) is 0 Å². The van der Waals surface area contributed by atoms with Crippen LogP contribution < -0.4 is 0 Å². The molecule has 1 amide bonds. The smallest absolute Gasteiger partial charge is 0.253 e. The Balaban J connectivity index is 2.06. The van der Waals surface area contributed by atoms with E-state index in [0.29, 0.717) is 6.54 Å². The van der Waals surface area contributed by atoms with Gasteiger partial charge in [-0.25, -0.2) is 0 Å². The number of hydrogen-bond acceptors (Lipinski definition) is 1. The Hall–Kier alpha value is -2.09. The SMILES string of the molecule is CN(Cc1ccc(C(C)(C)C)cc1)C(=O)c1ccccc1. The summed E-state index contributed by atoms with van der Waals surface area (Å²) in [6.07, 6.45) is 0. The van der Waals surface area contributed by atoms with E-state index in [1.807, 2.05) is 37.4 Å². The molecule has 110 valence electrons. The van der Waals surface area contributed by atoms with Crippen molar-refractivity contribution in [1.82, 2.24) is 4.90 Å². The highest BCUT2D eigenvalue weighted by molar-refractivity contribution is 5.93. The summed E-state index contributed by atoms with van der Waals surface area (Å²) in [5.74, 6) is 0.0514. The normalized spacial score (nSPS) is 11.2. The van der Waals surface area contributed by atoms with Crippen molar-refractivity contribution in [2.75, 3.05) is 7.05 Å². The van der Waals surface area contributed by atoms with Gasteiger partial charge >= 0.3 is 0 Å². The first-order valence-corrected chi connectivity index (χ1v) is 7.28. The zero-order valence-electron chi connectivity index (χ0n) is 13.3. The van der Waals surface area contributed by atoms with Gasteiger partial charge in [0.05, 0.1) is 0 Å². The Kier molecular flexibility index (Phi) is 4.46. The van der Waals surface area contributed by atoms with Crippen LogP contribution in [0.1, 0.15) is 42.3 Å². The standard InChI is InChI=1S/C19H23NO/c1-19(2,3)17-12-10-15(11-13-17)14-20(4)18(21)16-8-6-5-7-9-16/h5-13H,14H2,1-4H3. The van der Waals surface area contributed by atoms with Gasteiger partial charge in [0.25, 0.3) is 5.91 Å². The molecule has 0 fully saturated rings. The molecule has 0 aliphatic carbocycles. The third-order valence-corrected chi connectivity index (χ3v) is 3.61. The van der Waals surface area contributed by atoms with Gasteiger partial charge < -0.3 is 4.90 Å². The Morgan fingerprint density at radius 2 is 1.52 bits per heavy atom. The highest BCUT2D eigenvalue weighted by Gasteiger charge is 2.14. The lowest BCUT2D eigenvalue weighted by molar-refractivity contribution is 0.0785. The van der Waals surface area contributed by atoms with Crippen LogP contribution in [0, 0.1) is 0 Å². The summed E-state index contributed by atoms with van der Waals surface area (Å²) in [6.45, 7) is 7.23. The van der Waals surface area contributed by atoms with Crippen LogP contribution in [-0.2, 0) is 12.0 Å². The van der Waals surface area contributed by atoms with E-state index in [1.54, 1.807) is 4.90 Å². The topological polar surface area (TPSA) is 20.3 Å². The summed E-state index contributed by atoms with van der Waals surface area (Å²) in [6, 6.07) is 17.9. The highest BCUT2D eigenvalue weighted by Crippen LogP contribution is 2.22. The highest BCUT2D eigenvalue weighted by atomic mass is 16.2. The van der Waals surface area contributed by atoms with E-state index < -0.39 is 0 Å². The van der Waals surface area contributed by atoms with E-state index in [2.05, 4.69) is 45.0 Å². The number of nitrogens with zero attached hydrogens (tertiary/aromatic N) is 1. The molecule has 0 aliphatic heterocycles. The molecule has 0 heterocycles.